The minimum Gasteiger partial charge on any atom is -0.351 e. The van der Waals surface area contributed by atoms with Crippen LogP contribution in [0.25, 0.3) is 0 Å². The van der Waals surface area contributed by atoms with Crippen molar-refractivity contribution in [1.29, 1.82) is 0 Å². The molecule has 1 aromatic carbocycles. The average Bonchev–Trinajstić information content (AvgIpc) is 2.48. The maximum absolute atomic E-state index is 12.1. The number of hydrogen-bond acceptors (Lipinski definition) is 2. The summed E-state index contributed by atoms with van der Waals surface area (Å²) in [6.07, 6.45) is 3.27. The second-order valence-corrected chi connectivity index (χ2v) is 6.16. The summed E-state index contributed by atoms with van der Waals surface area (Å²) in [4.78, 5) is 24.8. The van der Waals surface area contributed by atoms with E-state index >= 15 is 0 Å². The zero-order valence-electron chi connectivity index (χ0n) is 14.8. The van der Waals surface area contributed by atoms with Crippen molar-refractivity contribution >= 4 is 17.5 Å². The molecule has 0 radical (unpaired) electrons. The van der Waals surface area contributed by atoms with Crippen molar-refractivity contribution < 1.29 is 14.5 Å². The second kappa shape index (κ2) is 10.0. The van der Waals surface area contributed by atoms with Crippen LogP contribution >= 0.6 is 0 Å². The van der Waals surface area contributed by atoms with Gasteiger partial charge in [0.2, 0.25) is 0 Å². The fourth-order valence-corrected chi connectivity index (χ4v) is 2.36. The number of unbranched alkanes of at least 4 members (excludes halogenated alkanes) is 2. The molecule has 5 nitrogen and oxygen atoms in total. The fraction of sp³-hybridized carbons (Fsp3) is 0.556. The first-order valence-electron chi connectivity index (χ1n) is 8.38. The van der Waals surface area contributed by atoms with Gasteiger partial charge in [0, 0.05) is 12.2 Å². The van der Waals surface area contributed by atoms with Crippen LogP contribution in [0.3, 0.4) is 0 Å². The van der Waals surface area contributed by atoms with Crippen LogP contribution in [0.15, 0.2) is 18.2 Å². The Bertz CT molecular complexity index is 529. The second-order valence-electron chi connectivity index (χ2n) is 6.16. The number of carbonyl (C=O) groups excluding carboxylic acids is 2. The van der Waals surface area contributed by atoms with E-state index in [4.69, 9.17) is 0 Å². The van der Waals surface area contributed by atoms with Gasteiger partial charge in [-0.15, -0.1) is 0 Å². The molecule has 0 bridgehead atoms. The number of benzene rings is 1. The molecule has 1 aromatic rings. The molecule has 0 spiro atoms. The van der Waals surface area contributed by atoms with E-state index in [1.807, 2.05) is 39.1 Å². The summed E-state index contributed by atoms with van der Waals surface area (Å²) in [5, 5.41) is 5.82. The van der Waals surface area contributed by atoms with E-state index in [1.54, 1.807) is 0 Å². The van der Waals surface area contributed by atoms with Gasteiger partial charge in [-0.2, -0.15) is 0 Å². The third-order valence-corrected chi connectivity index (χ3v) is 3.91. The molecule has 0 fully saturated rings. The highest BCUT2D eigenvalue weighted by molar-refractivity contribution is 5.92. The van der Waals surface area contributed by atoms with Gasteiger partial charge in [0.1, 0.15) is 0 Å². The molecule has 0 saturated carbocycles. The summed E-state index contributed by atoms with van der Waals surface area (Å²) in [5.74, 6) is -0.0758. The number of likely N-dealkylation sites (N-methyl/N-ethyl adjacent to an activating group) is 1. The first-order chi connectivity index (χ1) is 10.9. The maximum atomic E-state index is 12.1. The van der Waals surface area contributed by atoms with Crippen LogP contribution in [0.4, 0.5) is 5.69 Å². The van der Waals surface area contributed by atoms with Crippen molar-refractivity contribution in [2.24, 2.45) is 0 Å². The zero-order valence-corrected chi connectivity index (χ0v) is 14.8. The first-order valence-corrected chi connectivity index (χ1v) is 8.38. The molecule has 0 aromatic heterocycles. The molecule has 1 atom stereocenters. The van der Waals surface area contributed by atoms with Crippen molar-refractivity contribution in [3.8, 4) is 0 Å². The van der Waals surface area contributed by atoms with Crippen LogP contribution in [0, 0.1) is 13.8 Å². The van der Waals surface area contributed by atoms with Crippen LogP contribution in [0.2, 0.25) is 0 Å². The van der Waals surface area contributed by atoms with E-state index in [0.29, 0.717) is 13.1 Å². The quantitative estimate of drug-likeness (QED) is 0.596. The predicted molar refractivity (Wildman–Crippen MR) is 93.7 cm³/mol. The molecule has 1 unspecified atom stereocenters. The maximum Gasteiger partial charge on any atom is 0.279 e. The third kappa shape index (κ3) is 7.28. The van der Waals surface area contributed by atoms with Crippen molar-refractivity contribution in [3.05, 3.63) is 29.3 Å². The summed E-state index contributed by atoms with van der Waals surface area (Å²) in [6, 6.07) is 5.85. The molecular weight excluding hydrogens is 290 g/mol. The Morgan fingerprint density at radius 2 is 1.78 bits per heavy atom. The number of anilines is 1. The molecule has 5 heteroatoms. The van der Waals surface area contributed by atoms with E-state index < -0.39 is 0 Å². The van der Waals surface area contributed by atoms with E-state index in [9.17, 15) is 9.59 Å². The highest BCUT2D eigenvalue weighted by Gasteiger charge is 2.14. The van der Waals surface area contributed by atoms with Crippen LogP contribution in [0.1, 0.15) is 37.3 Å². The number of aryl methyl sites for hydroxylation is 1. The average molecular weight is 320 g/mol. The first kappa shape index (κ1) is 19.2. The Morgan fingerprint density at radius 3 is 2.48 bits per heavy atom. The summed E-state index contributed by atoms with van der Waals surface area (Å²) in [5.41, 5.74) is 3.06. The largest absolute Gasteiger partial charge is 0.351 e. The molecule has 2 amide bonds. The number of rotatable bonds is 9. The lowest BCUT2D eigenvalue weighted by molar-refractivity contribution is -0.862. The Labute approximate surface area is 139 Å². The zero-order chi connectivity index (χ0) is 17.2. The number of amides is 2. The molecule has 0 heterocycles. The van der Waals surface area contributed by atoms with Crippen LogP contribution < -0.4 is 15.5 Å². The van der Waals surface area contributed by atoms with Gasteiger partial charge in [0.05, 0.1) is 7.05 Å². The van der Waals surface area contributed by atoms with Gasteiger partial charge in [-0.05, 0) is 37.5 Å². The van der Waals surface area contributed by atoms with Crippen LogP contribution in [0.5, 0.6) is 0 Å². The summed E-state index contributed by atoms with van der Waals surface area (Å²) < 4.78 is 0. The molecule has 128 valence electrons. The molecule has 3 N–H and O–H groups in total. The third-order valence-electron chi connectivity index (χ3n) is 3.91. The Balaban J connectivity index is 2.36. The van der Waals surface area contributed by atoms with Gasteiger partial charge < -0.3 is 15.5 Å². The van der Waals surface area contributed by atoms with Gasteiger partial charge >= 0.3 is 0 Å². The van der Waals surface area contributed by atoms with Crippen molar-refractivity contribution in [3.63, 3.8) is 0 Å². The Kier molecular flexibility index (Phi) is 8.33. The topological polar surface area (TPSA) is 62.6 Å². The molecular formula is C18H30N3O2+. The summed E-state index contributed by atoms with van der Waals surface area (Å²) >= 11 is 0. The van der Waals surface area contributed by atoms with Crippen molar-refractivity contribution in [2.45, 2.75) is 40.0 Å². The minimum atomic E-state index is -0.0741. The normalized spacial score (nSPS) is 11.8. The predicted octanol–water partition coefficient (Wildman–Crippen LogP) is 1.06. The number of nitrogens with one attached hydrogen (secondary N) is 3. The smallest absolute Gasteiger partial charge is 0.279 e. The molecule has 0 aliphatic carbocycles. The molecule has 0 aliphatic rings. The molecule has 0 aliphatic heterocycles. The number of hydrogen-bond donors (Lipinski definition) is 3. The molecule has 1 rings (SSSR count). The van der Waals surface area contributed by atoms with Gasteiger partial charge in [-0.25, -0.2) is 0 Å². The van der Waals surface area contributed by atoms with Crippen molar-refractivity contribution in [1.82, 2.24) is 5.32 Å². The highest BCUT2D eigenvalue weighted by atomic mass is 16.2. The number of quaternary nitrogens is 1. The monoisotopic (exact) mass is 320 g/mol. The SMILES string of the molecule is CCCCCNC(=O)C[NH+](C)CC(=O)Nc1cccc(C)c1C. The number of carbonyl (C=O) groups is 2. The lowest BCUT2D eigenvalue weighted by atomic mass is 10.1. The molecule has 0 saturated heterocycles. The summed E-state index contributed by atoms with van der Waals surface area (Å²) in [6.45, 7) is 7.45. The highest BCUT2D eigenvalue weighted by Crippen LogP contribution is 2.17. The van der Waals surface area contributed by atoms with Gasteiger partial charge in [0.25, 0.3) is 11.8 Å². The summed E-state index contributed by atoms with van der Waals surface area (Å²) in [7, 11) is 1.86. The van der Waals surface area contributed by atoms with E-state index in [-0.39, 0.29) is 18.4 Å². The van der Waals surface area contributed by atoms with E-state index in [0.717, 1.165) is 41.0 Å². The van der Waals surface area contributed by atoms with E-state index in [1.165, 1.54) is 0 Å². The van der Waals surface area contributed by atoms with Gasteiger partial charge in [0.15, 0.2) is 13.1 Å². The van der Waals surface area contributed by atoms with Gasteiger partial charge in [-0.1, -0.05) is 31.9 Å². The van der Waals surface area contributed by atoms with Gasteiger partial charge in [-0.3, -0.25) is 9.59 Å². The Hall–Kier alpha value is -1.88. The van der Waals surface area contributed by atoms with E-state index in [2.05, 4.69) is 17.6 Å². The Morgan fingerprint density at radius 1 is 1.09 bits per heavy atom. The lowest BCUT2D eigenvalue weighted by Crippen LogP contribution is -3.11. The standard InChI is InChI=1S/C18H29N3O2/c1-5-6-7-11-19-17(22)12-21(4)13-18(23)20-16-10-8-9-14(2)15(16)3/h8-10H,5-7,11-13H2,1-4H3,(H,19,22)(H,20,23)/p+1. The lowest BCUT2D eigenvalue weighted by Gasteiger charge is -2.15. The van der Waals surface area contributed by atoms with Crippen molar-refractivity contribution in [2.75, 3.05) is 32.0 Å². The minimum absolute atomic E-state index is 0.00172. The van der Waals surface area contributed by atoms with Crippen LogP contribution in [-0.2, 0) is 9.59 Å². The van der Waals surface area contributed by atoms with Crippen LogP contribution in [-0.4, -0.2) is 38.5 Å². The fourth-order valence-electron chi connectivity index (χ4n) is 2.36. The molecule has 23 heavy (non-hydrogen) atoms.